The van der Waals surface area contributed by atoms with E-state index < -0.39 is 3.48 Å². The lowest BCUT2D eigenvalue weighted by molar-refractivity contribution is -0.672. The summed E-state index contributed by atoms with van der Waals surface area (Å²) in [6.07, 6.45) is 4.42. The second-order valence-electron chi connectivity index (χ2n) is 8.94. The van der Waals surface area contributed by atoms with E-state index in [0.29, 0.717) is 5.92 Å². The number of nitrogens with zero attached hydrogens (tertiary/aromatic N) is 2. The van der Waals surface area contributed by atoms with Crippen LogP contribution in [0.15, 0.2) is 36.4 Å². The quantitative estimate of drug-likeness (QED) is 0.186. The molecule has 0 atom stereocenters. The van der Waals surface area contributed by atoms with Crippen LogP contribution < -0.4 is 0 Å². The second-order valence-corrected chi connectivity index (χ2v) is 12.2. The predicted molar refractivity (Wildman–Crippen MR) is 141 cm³/mol. The van der Waals surface area contributed by atoms with Crippen LogP contribution in [-0.2, 0) is 12.8 Å². The zero-order chi connectivity index (χ0) is 22.9. The monoisotopic (exact) mass is 546 g/mol. The summed E-state index contributed by atoms with van der Waals surface area (Å²) in [6.45, 7) is 15.8. The first-order chi connectivity index (χ1) is 14.7. The Kier molecular flexibility index (Phi) is 7.63. The number of alkyl halides is 2. The van der Waals surface area contributed by atoms with E-state index in [4.69, 9.17) is 0 Å². The molecule has 0 fully saturated rings. The molecule has 1 heterocycles. The third-order valence-electron chi connectivity index (χ3n) is 6.31. The fourth-order valence-corrected chi connectivity index (χ4v) is 6.53. The molecule has 0 aromatic heterocycles. The summed E-state index contributed by atoms with van der Waals surface area (Å²) >= 11 is 8.29. The van der Waals surface area contributed by atoms with Gasteiger partial charge in [-0.2, -0.15) is 0 Å². The minimum atomic E-state index is -0.559. The lowest BCUT2D eigenvalue weighted by Crippen LogP contribution is -2.35. The summed E-state index contributed by atoms with van der Waals surface area (Å²) in [7, 11) is 0. The molecule has 2 aromatic carbocycles. The van der Waals surface area contributed by atoms with Crippen molar-refractivity contribution in [1.82, 2.24) is 0 Å². The molecule has 3 rings (SSSR count). The van der Waals surface area contributed by atoms with E-state index in [9.17, 15) is 0 Å². The fraction of sp³-hybridized carbons (Fsp3) is 0.481. The molecule has 0 amide bonds. The molecule has 0 aliphatic carbocycles. The molecule has 0 spiro atoms. The third-order valence-corrected chi connectivity index (χ3v) is 7.73. The molecule has 31 heavy (non-hydrogen) atoms. The van der Waals surface area contributed by atoms with Gasteiger partial charge >= 0.3 is 3.48 Å². The van der Waals surface area contributed by atoms with Crippen molar-refractivity contribution >= 4 is 54.7 Å². The Balaban J connectivity index is 2.29. The lowest BCUT2D eigenvalue weighted by Gasteiger charge is -2.19. The molecule has 0 saturated carbocycles. The number of benzene rings is 2. The first-order valence-electron chi connectivity index (χ1n) is 11.5. The van der Waals surface area contributed by atoms with Crippen LogP contribution in [0, 0.1) is 6.92 Å². The topological polar surface area (TPSA) is 6.02 Å². The summed E-state index contributed by atoms with van der Waals surface area (Å²) in [4.78, 5) is 0. The van der Waals surface area contributed by atoms with Gasteiger partial charge in [0.15, 0.2) is 0 Å². The molecule has 2 aromatic rings. The van der Waals surface area contributed by atoms with Crippen LogP contribution in [0.2, 0.25) is 0 Å². The highest BCUT2D eigenvalue weighted by Gasteiger charge is 2.59. The van der Waals surface area contributed by atoms with Crippen molar-refractivity contribution in [3.8, 4) is 0 Å². The molecule has 1 aliphatic heterocycles. The smallest absolute Gasteiger partial charge is 0.105 e. The summed E-state index contributed by atoms with van der Waals surface area (Å²) in [5.74, 6) is 0.441. The van der Waals surface area contributed by atoms with Gasteiger partial charge in [-0.1, -0.05) is 76.9 Å². The molecule has 2 nitrogen and oxygen atoms in total. The standard InChI is InChI=1S/C27H36Br2N2/c1-8-12-22-15-11-16-23(13-9-2)26(22)31-21(7)20(6)30(27(31,28)29)25-19(5)14-10-17-24(25)18(3)4/h10-11,14-18H,8-9,12-13H2,1-7H3/q+2. The number of rotatable bonds is 7. The van der Waals surface area contributed by atoms with E-state index in [0.717, 1.165) is 25.7 Å². The average Bonchev–Trinajstić information content (AvgIpc) is 2.87. The Morgan fingerprint density at radius 3 is 1.74 bits per heavy atom. The van der Waals surface area contributed by atoms with Crippen LogP contribution in [0.3, 0.4) is 0 Å². The van der Waals surface area contributed by atoms with Crippen LogP contribution in [-0.4, -0.2) is 24.1 Å². The second kappa shape index (κ2) is 9.70. The van der Waals surface area contributed by atoms with E-state index in [1.807, 2.05) is 0 Å². The highest BCUT2D eigenvalue weighted by atomic mass is 79.9. The number of hydrogen-bond acceptors (Lipinski definition) is 0. The van der Waals surface area contributed by atoms with Gasteiger partial charge in [-0.25, -0.2) is 0 Å². The van der Waals surface area contributed by atoms with E-state index in [1.165, 1.54) is 45.1 Å². The predicted octanol–water partition coefficient (Wildman–Crippen LogP) is 8.35. The molecule has 4 heteroatoms. The van der Waals surface area contributed by atoms with Gasteiger partial charge in [0.05, 0.1) is 31.9 Å². The molecule has 1 aliphatic rings. The molecule has 0 N–H and O–H groups in total. The number of halogens is 2. The molecule has 0 saturated heterocycles. The average molecular weight is 548 g/mol. The maximum Gasteiger partial charge on any atom is 0.472 e. The van der Waals surface area contributed by atoms with E-state index in [2.05, 4.69) is 126 Å². The van der Waals surface area contributed by atoms with Gasteiger partial charge in [0.1, 0.15) is 0 Å². The molecule has 0 unspecified atom stereocenters. The summed E-state index contributed by atoms with van der Waals surface area (Å²) in [5.41, 5.74) is 10.7. The van der Waals surface area contributed by atoms with Gasteiger partial charge in [-0.15, -0.1) is 9.15 Å². The summed E-state index contributed by atoms with van der Waals surface area (Å²) in [5, 5.41) is 0. The van der Waals surface area contributed by atoms with E-state index in [-0.39, 0.29) is 0 Å². The van der Waals surface area contributed by atoms with Gasteiger partial charge in [0.2, 0.25) is 11.4 Å². The summed E-state index contributed by atoms with van der Waals surface area (Å²) < 4.78 is 4.34. The maximum atomic E-state index is 4.14. The minimum Gasteiger partial charge on any atom is -0.105 e. The zero-order valence-corrected chi connectivity index (χ0v) is 23.2. The van der Waals surface area contributed by atoms with Crippen LogP contribution >= 0.6 is 31.9 Å². The molecule has 0 radical (unpaired) electrons. The van der Waals surface area contributed by atoms with Crippen LogP contribution in [0.4, 0.5) is 11.4 Å². The minimum absolute atomic E-state index is 0.441. The number of para-hydroxylation sites is 2. The van der Waals surface area contributed by atoms with Gasteiger partial charge in [0, 0.05) is 36.1 Å². The van der Waals surface area contributed by atoms with Crippen molar-refractivity contribution in [1.29, 1.82) is 0 Å². The van der Waals surface area contributed by atoms with Crippen molar-refractivity contribution < 1.29 is 9.15 Å². The largest absolute Gasteiger partial charge is 0.472 e. The van der Waals surface area contributed by atoms with Gasteiger partial charge in [0.25, 0.3) is 11.4 Å². The third kappa shape index (κ3) is 4.35. The SMILES string of the molecule is CCCc1cccc(CCC)c1[N+]1=C(C)C(C)=[N+](c2c(C)cccc2C(C)C)C1(Br)Br. The Labute approximate surface area is 205 Å². The van der Waals surface area contributed by atoms with Crippen molar-refractivity contribution in [3.63, 3.8) is 0 Å². The van der Waals surface area contributed by atoms with Gasteiger partial charge in [-0.3, -0.25) is 0 Å². The highest BCUT2D eigenvalue weighted by molar-refractivity contribution is 9.25. The molecule has 0 bridgehead atoms. The molecular formula is C27H36Br2N2+2. The first kappa shape index (κ1) is 24.4. The lowest BCUT2D eigenvalue weighted by atomic mass is 9.97. The molecular weight excluding hydrogens is 512 g/mol. The maximum absolute atomic E-state index is 4.14. The van der Waals surface area contributed by atoms with Crippen molar-refractivity contribution in [3.05, 3.63) is 58.7 Å². The first-order valence-corrected chi connectivity index (χ1v) is 13.1. The fourth-order valence-electron chi connectivity index (χ4n) is 4.76. The van der Waals surface area contributed by atoms with Crippen LogP contribution in [0.1, 0.15) is 82.6 Å². The van der Waals surface area contributed by atoms with Crippen LogP contribution in [0.25, 0.3) is 0 Å². The van der Waals surface area contributed by atoms with E-state index >= 15 is 0 Å². The zero-order valence-electron chi connectivity index (χ0n) is 20.0. The Bertz CT molecular complexity index is 1020. The Morgan fingerprint density at radius 2 is 1.26 bits per heavy atom. The Hall–Kier alpha value is -1.26. The van der Waals surface area contributed by atoms with Crippen LogP contribution in [0.5, 0.6) is 0 Å². The van der Waals surface area contributed by atoms with Crippen molar-refractivity contribution in [2.75, 3.05) is 0 Å². The van der Waals surface area contributed by atoms with Crippen molar-refractivity contribution in [2.45, 2.75) is 83.5 Å². The molecule has 166 valence electrons. The van der Waals surface area contributed by atoms with Gasteiger partial charge < -0.3 is 0 Å². The number of hydrogen-bond donors (Lipinski definition) is 0. The normalized spacial score (nSPS) is 16.1. The van der Waals surface area contributed by atoms with E-state index in [1.54, 1.807) is 0 Å². The highest BCUT2D eigenvalue weighted by Crippen LogP contribution is 2.47. The number of aryl methyl sites for hydroxylation is 3. The van der Waals surface area contributed by atoms with Crippen molar-refractivity contribution in [2.24, 2.45) is 0 Å². The Morgan fingerprint density at radius 1 is 0.774 bits per heavy atom. The summed E-state index contributed by atoms with van der Waals surface area (Å²) in [6, 6.07) is 13.5. The van der Waals surface area contributed by atoms with Gasteiger partial charge in [-0.05, 0) is 25.7 Å².